The number of fused-ring (bicyclic) bond motifs is 1. The van der Waals surface area contributed by atoms with Crippen LogP contribution >= 0.6 is 11.3 Å². The van der Waals surface area contributed by atoms with Gasteiger partial charge in [-0.3, -0.25) is 4.57 Å². The number of benzene rings is 1. The summed E-state index contributed by atoms with van der Waals surface area (Å²) in [5.74, 6) is 1.19. The predicted octanol–water partition coefficient (Wildman–Crippen LogP) is 2.87. The summed E-state index contributed by atoms with van der Waals surface area (Å²) in [5.41, 5.74) is 7.50. The van der Waals surface area contributed by atoms with E-state index in [0.29, 0.717) is 5.95 Å². The third-order valence-electron chi connectivity index (χ3n) is 3.41. The fourth-order valence-corrected chi connectivity index (χ4v) is 3.22. The van der Waals surface area contributed by atoms with Crippen LogP contribution in [-0.4, -0.2) is 21.6 Å². The van der Waals surface area contributed by atoms with E-state index in [1.165, 1.54) is 0 Å². The van der Waals surface area contributed by atoms with Crippen LogP contribution < -0.4 is 10.5 Å². The number of nitrogen functional groups attached to an aromatic ring is 1. The molecule has 0 saturated heterocycles. The lowest BCUT2D eigenvalue weighted by atomic mass is 10.1. The highest BCUT2D eigenvalue weighted by Gasteiger charge is 2.30. The molecule has 104 valence electrons. The molecule has 1 aromatic carbocycles. The first-order valence-corrected chi connectivity index (χ1v) is 7.15. The highest BCUT2D eigenvalue weighted by molar-refractivity contribution is 7.09. The highest BCUT2D eigenvalue weighted by atomic mass is 32.1. The van der Waals surface area contributed by atoms with Crippen molar-refractivity contribution in [2.75, 3.05) is 12.8 Å². The molecule has 3 aromatic rings. The summed E-state index contributed by atoms with van der Waals surface area (Å²) < 4.78 is 7.36. The van der Waals surface area contributed by atoms with Crippen LogP contribution in [0, 0.1) is 0 Å². The largest absolute Gasteiger partial charge is 0.494 e. The number of nitrogens with two attached hydrogens (primary N) is 1. The molecule has 20 heavy (non-hydrogen) atoms. The molecule has 5 nitrogen and oxygen atoms in total. The molecule has 0 aliphatic carbocycles. The van der Waals surface area contributed by atoms with Crippen LogP contribution in [0.25, 0.3) is 11.0 Å². The van der Waals surface area contributed by atoms with Crippen LogP contribution in [0.5, 0.6) is 5.75 Å². The predicted molar refractivity (Wildman–Crippen MR) is 81.2 cm³/mol. The Kier molecular flexibility index (Phi) is 2.90. The van der Waals surface area contributed by atoms with E-state index in [1.807, 2.05) is 28.1 Å². The number of thiazole rings is 1. The average molecular weight is 288 g/mol. The van der Waals surface area contributed by atoms with Crippen LogP contribution in [-0.2, 0) is 5.54 Å². The molecule has 0 fully saturated rings. The molecular weight excluding hydrogens is 272 g/mol. The molecule has 0 unspecified atom stereocenters. The Balaban J connectivity index is 2.29. The normalized spacial score (nSPS) is 11.9. The number of anilines is 1. The Morgan fingerprint density at radius 3 is 2.80 bits per heavy atom. The minimum Gasteiger partial charge on any atom is -0.494 e. The number of hydrogen-bond donors (Lipinski definition) is 1. The van der Waals surface area contributed by atoms with E-state index in [4.69, 9.17) is 10.5 Å². The molecule has 2 aromatic heterocycles. The van der Waals surface area contributed by atoms with Gasteiger partial charge in [-0.1, -0.05) is 6.07 Å². The van der Waals surface area contributed by atoms with E-state index >= 15 is 0 Å². The van der Waals surface area contributed by atoms with Crippen LogP contribution in [0.15, 0.2) is 29.8 Å². The molecule has 0 bridgehead atoms. The highest BCUT2D eigenvalue weighted by Crippen LogP contribution is 2.35. The maximum absolute atomic E-state index is 6.14. The second-order valence-electron chi connectivity index (χ2n) is 5.03. The van der Waals surface area contributed by atoms with E-state index in [1.54, 1.807) is 24.6 Å². The van der Waals surface area contributed by atoms with Gasteiger partial charge < -0.3 is 10.5 Å². The number of hydrogen-bond acceptors (Lipinski definition) is 5. The fraction of sp³-hybridized carbons (Fsp3) is 0.286. The number of para-hydroxylation sites is 1. The van der Waals surface area contributed by atoms with Gasteiger partial charge in [0.2, 0.25) is 5.95 Å². The van der Waals surface area contributed by atoms with E-state index < -0.39 is 0 Å². The number of methoxy groups -OCH3 is 1. The van der Waals surface area contributed by atoms with Crippen molar-refractivity contribution in [1.29, 1.82) is 0 Å². The second-order valence-corrected chi connectivity index (χ2v) is 5.92. The molecule has 0 spiro atoms. The number of rotatable bonds is 3. The van der Waals surface area contributed by atoms with Crippen molar-refractivity contribution >= 4 is 28.3 Å². The van der Waals surface area contributed by atoms with Gasteiger partial charge in [0.1, 0.15) is 16.3 Å². The van der Waals surface area contributed by atoms with Crippen LogP contribution in [0.4, 0.5) is 5.95 Å². The Morgan fingerprint density at radius 1 is 1.35 bits per heavy atom. The van der Waals surface area contributed by atoms with Crippen molar-refractivity contribution < 1.29 is 4.74 Å². The monoisotopic (exact) mass is 288 g/mol. The zero-order valence-corrected chi connectivity index (χ0v) is 12.4. The molecular formula is C14H16N4OS. The summed E-state index contributed by atoms with van der Waals surface area (Å²) in [5, 5.41) is 2.96. The Hall–Kier alpha value is -2.08. The summed E-state index contributed by atoms with van der Waals surface area (Å²) >= 11 is 1.61. The second kappa shape index (κ2) is 4.49. The van der Waals surface area contributed by atoms with Crippen LogP contribution in [0.1, 0.15) is 18.9 Å². The van der Waals surface area contributed by atoms with E-state index in [-0.39, 0.29) is 5.54 Å². The summed E-state index contributed by atoms with van der Waals surface area (Å²) in [7, 11) is 1.63. The average Bonchev–Trinajstić information content (AvgIpc) is 3.04. The Morgan fingerprint density at radius 2 is 2.15 bits per heavy atom. The van der Waals surface area contributed by atoms with Crippen molar-refractivity contribution in [3.05, 3.63) is 34.8 Å². The van der Waals surface area contributed by atoms with E-state index in [2.05, 4.69) is 23.8 Å². The zero-order chi connectivity index (χ0) is 14.3. The van der Waals surface area contributed by atoms with Gasteiger partial charge in [-0.25, -0.2) is 9.97 Å². The van der Waals surface area contributed by atoms with Crippen molar-refractivity contribution in [3.63, 3.8) is 0 Å². The molecule has 0 radical (unpaired) electrons. The molecule has 2 heterocycles. The van der Waals surface area contributed by atoms with Crippen molar-refractivity contribution in [3.8, 4) is 5.75 Å². The van der Waals surface area contributed by atoms with Gasteiger partial charge in [-0.05, 0) is 26.0 Å². The van der Waals surface area contributed by atoms with Gasteiger partial charge in [0.15, 0.2) is 0 Å². The standard InChI is InChI=1S/C14H16N4OS/c1-14(2,12-16-7-8-20-12)18-9-5-4-6-10(19-3)11(9)17-13(18)15/h4-8H,1-3H3,(H2,15,17). The lowest BCUT2D eigenvalue weighted by molar-refractivity contribution is 0.419. The maximum atomic E-state index is 6.14. The van der Waals surface area contributed by atoms with Crippen molar-refractivity contribution in [2.24, 2.45) is 0 Å². The summed E-state index contributed by atoms with van der Waals surface area (Å²) in [6.45, 7) is 4.17. The van der Waals surface area contributed by atoms with Gasteiger partial charge >= 0.3 is 0 Å². The third kappa shape index (κ3) is 1.76. The van der Waals surface area contributed by atoms with Crippen LogP contribution in [0.3, 0.4) is 0 Å². The van der Waals surface area contributed by atoms with Gasteiger partial charge in [0, 0.05) is 11.6 Å². The Labute approximate surface area is 121 Å². The lowest BCUT2D eigenvalue weighted by Crippen LogP contribution is -2.28. The number of nitrogens with zero attached hydrogens (tertiary/aromatic N) is 3. The smallest absolute Gasteiger partial charge is 0.202 e. The molecule has 2 N–H and O–H groups in total. The lowest BCUT2D eigenvalue weighted by Gasteiger charge is -2.26. The fourth-order valence-electron chi connectivity index (χ4n) is 2.46. The van der Waals surface area contributed by atoms with Crippen LogP contribution in [0.2, 0.25) is 0 Å². The van der Waals surface area contributed by atoms with Gasteiger partial charge in [-0.15, -0.1) is 11.3 Å². The van der Waals surface area contributed by atoms with Gasteiger partial charge in [-0.2, -0.15) is 0 Å². The molecule has 0 atom stereocenters. The van der Waals surface area contributed by atoms with Crippen molar-refractivity contribution in [2.45, 2.75) is 19.4 Å². The summed E-state index contributed by atoms with van der Waals surface area (Å²) in [4.78, 5) is 8.87. The minimum atomic E-state index is -0.362. The summed E-state index contributed by atoms with van der Waals surface area (Å²) in [6.07, 6.45) is 1.80. The zero-order valence-electron chi connectivity index (χ0n) is 11.6. The first-order valence-electron chi connectivity index (χ1n) is 6.27. The Bertz CT molecular complexity index is 746. The number of ether oxygens (including phenoxy) is 1. The van der Waals surface area contributed by atoms with Crippen molar-refractivity contribution in [1.82, 2.24) is 14.5 Å². The summed E-state index contributed by atoms with van der Waals surface area (Å²) in [6, 6.07) is 5.82. The first-order chi connectivity index (χ1) is 9.55. The first kappa shape index (κ1) is 12.9. The van der Waals surface area contributed by atoms with E-state index in [9.17, 15) is 0 Å². The molecule has 0 aliphatic rings. The minimum absolute atomic E-state index is 0.362. The maximum Gasteiger partial charge on any atom is 0.202 e. The number of aromatic nitrogens is 3. The topological polar surface area (TPSA) is 66.0 Å². The molecule has 0 saturated carbocycles. The molecule has 0 amide bonds. The number of imidazole rings is 1. The van der Waals surface area contributed by atoms with Gasteiger partial charge in [0.05, 0.1) is 18.2 Å². The van der Waals surface area contributed by atoms with Gasteiger partial charge in [0.25, 0.3) is 0 Å². The molecule has 3 rings (SSSR count). The SMILES string of the molecule is COc1cccc2c1nc(N)n2C(C)(C)c1nccs1. The quantitative estimate of drug-likeness (QED) is 0.804. The van der Waals surface area contributed by atoms with E-state index in [0.717, 1.165) is 21.8 Å². The molecule has 6 heteroatoms. The molecule has 0 aliphatic heterocycles. The third-order valence-corrected chi connectivity index (χ3v) is 4.49.